The van der Waals surface area contributed by atoms with Crippen LogP contribution in [0.1, 0.15) is 0 Å². The molecule has 2 atom stereocenters. The van der Waals surface area contributed by atoms with E-state index in [-0.39, 0.29) is 5.92 Å². The molecule has 0 aromatic rings. The van der Waals surface area contributed by atoms with E-state index in [4.69, 9.17) is 16.3 Å². The summed E-state index contributed by atoms with van der Waals surface area (Å²) in [4.78, 5) is 12.4. The van der Waals surface area contributed by atoms with Gasteiger partial charge in [0.1, 0.15) is 11.3 Å². The van der Waals surface area contributed by atoms with E-state index < -0.39 is 5.00 Å². The minimum Gasteiger partial charge on any atom is -0.379 e. The molecule has 3 nitrogen and oxygen atoms in total. The second-order valence-electron chi connectivity index (χ2n) is 3.73. The van der Waals surface area contributed by atoms with Crippen molar-refractivity contribution in [2.75, 3.05) is 26.3 Å². The minimum atomic E-state index is -0.694. The number of allylic oxidation sites excluding steroid dienone is 2. The Labute approximate surface area is 94.3 Å². The van der Waals surface area contributed by atoms with Gasteiger partial charge in [-0.2, -0.15) is 0 Å². The van der Waals surface area contributed by atoms with Crippen LogP contribution in [-0.4, -0.2) is 42.5 Å². The molecule has 0 radical (unpaired) electrons. The van der Waals surface area contributed by atoms with Gasteiger partial charge >= 0.3 is 0 Å². The summed E-state index contributed by atoms with van der Waals surface area (Å²) in [6, 6.07) is 0. The number of morpholine rings is 1. The van der Waals surface area contributed by atoms with E-state index in [1.54, 1.807) is 0 Å². The van der Waals surface area contributed by atoms with Crippen LogP contribution in [-0.2, 0) is 9.53 Å². The van der Waals surface area contributed by atoms with Crippen molar-refractivity contribution in [3.63, 3.8) is 0 Å². The van der Waals surface area contributed by atoms with E-state index in [0.29, 0.717) is 13.2 Å². The Morgan fingerprint density at radius 1 is 1.40 bits per heavy atom. The van der Waals surface area contributed by atoms with Gasteiger partial charge in [-0.3, -0.25) is 4.90 Å². The van der Waals surface area contributed by atoms with Crippen molar-refractivity contribution in [1.29, 1.82) is 0 Å². The van der Waals surface area contributed by atoms with Crippen LogP contribution in [0.2, 0.25) is 0 Å². The van der Waals surface area contributed by atoms with Crippen LogP contribution >= 0.6 is 11.6 Å². The predicted octanol–water partition coefficient (Wildman–Crippen LogP) is 1.19. The highest BCUT2D eigenvalue weighted by molar-refractivity contribution is 6.26. The van der Waals surface area contributed by atoms with Gasteiger partial charge in [0.15, 0.2) is 0 Å². The van der Waals surface area contributed by atoms with E-state index >= 15 is 0 Å². The van der Waals surface area contributed by atoms with Gasteiger partial charge in [0.25, 0.3) is 0 Å². The molecule has 2 unspecified atom stereocenters. The first kappa shape index (κ1) is 10.9. The predicted molar refractivity (Wildman–Crippen MR) is 58.8 cm³/mol. The molecule has 2 aliphatic rings. The summed E-state index contributed by atoms with van der Waals surface area (Å²) in [6.45, 7) is 2.90. The standard InChI is InChI=1S/C11H14ClNO2/c12-11(13-5-7-15-8-6-13)4-2-1-3-10(11)9-14/h1-4,9-10H,5-8H2. The SMILES string of the molecule is O=CC1C=CC=CC1(Cl)N1CCOCC1. The Morgan fingerprint density at radius 2 is 2.13 bits per heavy atom. The number of ether oxygens (including phenoxy) is 1. The topological polar surface area (TPSA) is 29.5 Å². The normalized spacial score (nSPS) is 36.7. The highest BCUT2D eigenvalue weighted by atomic mass is 35.5. The molecule has 1 heterocycles. The van der Waals surface area contributed by atoms with Gasteiger partial charge in [-0.25, -0.2) is 0 Å². The summed E-state index contributed by atoms with van der Waals surface area (Å²) in [5.41, 5.74) is 0. The van der Waals surface area contributed by atoms with Gasteiger partial charge in [-0.05, 0) is 6.08 Å². The fraction of sp³-hybridized carbons (Fsp3) is 0.545. The Hall–Kier alpha value is -0.640. The molecule has 15 heavy (non-hydrogen) atoms. The van der Waals surface area contributed by atoms with Crippen LogP contribution in [0.4, 0.5) is 0 Å². The zero-order valence-corrected chi connectivity index (χ0v) is 9.19. The minimum absolute atomic E-state index is 0.276. The van der Waals surface area contributed by atoms with E-state index in [1.165, 1.54) is 0 Å². The van der Waals surface area contributed by atoms with Gasteiger partial charge in [0, 0.05) is 13.1 Å². The summed E-state index contributed by atoms with van der Waals surface area (Å²) in [6.07, 6.45) is 8.39. The van der Waals surface area contributed by atoms with Gasteiger partial charge in [-0.15, -0.1) is 0 Å². The molecule has 0 bridgehead atoms. The van der Waals surface area contributed by atoms with Crippen molar-refractivity contribution >= 4 is 17.9 Å². The molecule has 0 aromatic carbocycles. The first-order valence-electron chi connectivity index (χ1n) is 5.10. The van der Waals surface area contributed by atoms with Crippen LogP contribution in [0.15, 0.2) is 24.3 Å². The molecule has 1 saturated heterocycles. The largest absolute Gasteiger partial charge is 0.379 e. The fourth-order valence-electron chi connectivity index (χ4n) is 1.98. The van der Waals surface area contributed by atoms with E-state index in [0.717, 1.165) is 19.4 Å². The van der Waals surface area contributed by atoms with Crippen molar-refractivity contribution in [3.05, 3.63) is 24.3 Å². The molecule has 0 amide bonds. The molecule has 2 rings (SSSR count). The van der Waals surface area contributed by atoms with Crippen molar-refractivity contribution in [2.24, 2.45) is 5.92 Å². The Morgan fingerprint density at radius 3 is 2.80 bits per heavy atom. The van der Waals surface area contributed by atoms with E-state index in [1.807, 2.05) is 24.3 Å². The van der Waals surface area contributed by atoms with Crippen molar-refractivity contribution < 1.29 is 9.53 Å². The maximum Gasteiger partial charge on any atom is 0.130 e. The second-order valence-corrected chi connectivity index (χ2v) is 4.34. The van der Waals surface area contributed by atoms with E-state index in [2.05, 4.69) is 4.90 Å². The molecule has 4 heteroatoms. The number of hydrogen-bond donors (Lipinski definition) is 0. The van der Waals surface area contributed by atoms with Gasteiger partial charge in [-0.1, -0.05) is 29.8 Å². The molecule has 1 fully saturated rings. The highest BCUT2D eigenvalue weighted by Crippen LogP contribution is 2.34. The Kier molecular flexibility index (Phi) is 3.24. The monoisotopic (exact) mass is 227 g/mol. The van der Waals surface area contributed by atoms with Crippen molar-refractivity contribution in [1.82, 2.24) is 4.90 Å². The molecule has 0 aromatic heterocycles. The van der Waals surface area contributed by atoms with Gasteiger partial charge in [0.2, 0.25) is 0 Å². The molecule has 1 aliphatic carbocycles. The van der Waals surface area contributed by atoms with Crippen molar-refractivity contribution in [3.8, 4) is 0 Å². The number of rotatable bonds is 2. The number of carbonyl (C=O) groups excluding carboxylic acids is 1. The number of alkyl halides is 1. The third-order valence-corrected chi connectivity index (χ3v) is 3.49. The zero-order chi connectivity index (χ0) is 10.7. The number of aldehydes is 1. The van der Waals surface area contributed by atoms with Crippen LogP contribution in [0.25, 0.3) is 0 Å². The first-order chi connectivity index (χ1) is 7.27. The third kappa shape index (κ3) is 2.00. The lowest BCUT2D eigenvalue weighted by Crippen LogP contribution is -2.53. The molecular weight excluding hydrogens is 214 g/mol. The number of nitrogens with zero attached hydrogens (tertiary/aromatic N) is 1. The zero-order valence-electron chi connectivity index (χ0n) is 8.43. The van der Waals surface area contributed by atoms with Crippen LogP contribution in [0.5, 0.6) is 0 Å². The molecule has 0 saturated carbocycles. The summed E-state index contributed by atoms with van der Waals surface area (Å²) < 4.78 is 5.27. The highest BCUT2D eigenvalue weighted by Gasteiger charge is 2.40. The lowest BCUT2D eigenvalue weighted by Gasteiger charge is -2.42. The van der Waals surface area contributed by atoms with Crippen LogP contribution < -0.4 is 0 Å². The number of carbonyl (C=O) groups is 1. The number of hydrogen-bond acceptors (Lipinski definition) is 3. The maximum atomic E-state index is 11.0. The molecule has 0 spiro atoms. The summed E-state index contributed by atoms with van der Waals surface area (Å²) in [5, 5.41) is 0. The van der Waals surface area contributed by atoms with E-state index in [9.17, 15) is 4.79 Å². The second kappa shape index (κ2) is 4.47. The van der Waals surface area contributed by atoms with Crippen LogP contribution in [0, 0.1) is 5.92 Å². The molecule has 1 aliphatic heterocycles. The average molecular weight is 228 g/mol. The average Bonchev–Trinajstić information content (AvgIpc) is 2.31. The Bertz CT molecular complexity index is 297. The fourth-order valence-corrected chi connectivity index (χ4v) is 2.35. The maximum absolute atomic E-state index is 11.0. The van der Waals surface area contributed by atoms with Crippen LogP contribution in [0.3, 0.4) is 0 Å². The first-order valence-corrected chi connectivity index (χ1v) is 5.48. The van der Waals surface area contributed by atoms with Crippen molar-refractivity contribution in [2.45, 2.75) is 5.00 Å². The molecule has 82 valence electrons. The lowest BCUT2D eigenvalue weighted by molar-refractivity contribution is -0.112. The van der Waals surface area contributed by atoms with Gasteiger partial charge < -0.3 is 9.53 Å². The third-order valence-electron chi connectivity index (χ3n) is 2.87. The molecule has 0 N–H and O–H groups in total. The smallest absolute Gasteiger partial charge is 0.130 e. The summed E-state index contributed by atoms with van der Waals surface area (Å²) >= 11 is 6.52. The number of halogens is 1. The molecular formula is C11H14ClNO2. The Balaban J connectivity index is 2.18. The summed E-state index contributed by atoms with van der Waals surface area (Å²) in [5.74, 6) is -0.276. The van der Waals surface area contributed by atoms with Gasteiger partial charge in [0.05, 0.1) is 19.1 Å². The quantitative estimate of drug-likeness (QED) is 0.403. The lowest BCUT2D eigenvalue weighted by atomic mass is 9.94. The summed E-state index contributed by atoms with van der Waals surface area (Å²) in [7, 11) is 0.